The van der Waals surface area contributed by atoms with Crippen LogP contribution >= 0.6 is 23.1 Å². The van der Waals surface area contributed by atoms with Crippen LogP contribution in [0.2, 0.25) is 0 Å². The number of para-hydroxylation sites is 1. The van der Waals surface area contributed by atoms with Gasteiger partial charge in [0.2, 0.25) is 5.91 Å². The van der Waals surface area contributed by atoms with Crippen molar-refractivity contribution < 1.29 is 9.59 Å². The highest BCUT2D eigenvalue weighted by Crippen LogP contribution is 2.22. The maximum absolute atomic E-state index is 12.3. The normalized spacial score (nSPS) is 11.9. The van der Waals surface area contributed by atoms with Gasteiger partial charge in [-0.3, -0.25) is 14.2 Å². The number of ketones is 1. The molecule has 1 amide bonds. The quantitative estimate of drug-likeness (QED) is 0.426. The number of nitrogens with one attached hydrogen (secondary N) is 1. The van der Waals surface area contributed by atoms with Crippen LogP contribution in [0.25, 0.3) is 5.69 Å². The minimum atomic E-state index is -0.221. The predicted octanol–water partition coefficient (Wildman–Crippen LogP) is 3.76. The lowest BCUT2D eigenvalue weighted by Gasteiger charge is -2.13. The number of nitrogens with zero attached hydrogens (tertiary/aromatic N) is 3. The number of Topliss-reactive ketones (excluding diaryl/α,β-unsaturated/α-hetero) is 1. The molecule has 0 aliphatic carbocycles. The van der Waals surface area contributed by atoms with Crippen molar-refractivity contribution in [1.82, 2.24) is 20.1 Å². The van der Waals surface area contributed by atoms with Gasteiger partial charge in [0.1, 0.15) is 6.33 Å². The monoisotopic (exact) mass is 414 g/mol. The zero-order valence-electron chi connectivity index (χ0n) is 15.8. The van der Waals surface area contributed by atoms with E-state index in [2.05, 4.69) is 28.5 Å². The molecule has 0 spiro atoms. The average Bonchev–Trinajstić information content (AvgIpc) is 3.38. The van der Waals surface area contributed by atoms with Crippen molar-refractivity contribution in [3.63, 3.8) is 0 Å². The van der Waals surface area contributed by atoms with Crippen LogP contribution in [0.15, 0.2) is 53.3 Å². The van der Waals surface area contributed by atoms with Gasteiger partial charge in [-0.2, -0.15) is 0 Å². The molecule has 0 radical (unpaired) electrons. The van der Waals surface area contributed by atoms with Gasteiger partial charge in [-0.1, -0.05) is 43.0 Å². The van der Waals surface area contributed by atoms with Crippen LogP contribution in [0, 0.1) is 0 Å². The summed E-state index contributed by atoms with van der Waals surface area (Å²) in [6, 6.07) is 11.5. The van der Waals surface area contributed by atoms with E-state index in [9.17, 15) is 9.59 Å². The Labute approximate surface area is 172 Å². The first-order valence-corrected chi connectivity index (χ1v) is 10.9. The summed E-state index contributed by atoms with van der Waals surface area (Å²) in [4.78, 5) is 25.1. The molecule has 0 saturated carbocycles. The van der Waals surface area contributed by atoms with E-state index in [1.54, 1.807) is 12.4 Å². The van der Waals surface area contributed by atoms with E-state index in [4.69, 9.17) is 0 Å². The van der Waals surface area contributed by atoms with Gasteiger partial charge >= 0.3 is 0 Å². The third kappa shape index (κ3) is 5.08. The third-order valence-corrected chi connectivity index (χ3v) is 6.03. The standard InChI is InChI=1S/C20H22N4O2S2/c1-3-15-7-4-5-8-16(15)24-13-21-23-20(24)28-12-19(26)22-14(2)11-17(25)18-9-6-10-27-18/h4-10,13-14H,3,11-12H2,1-2H3,(H,22,26). The first-order chi connectivity index (χ1) is 13.6. The molecule has 1 atom stereocenters. The molecule has 146 valence electrons. The van der Waals surface area contributed by atoms with Gasteiger partial charge in [-0.25, -0.2) is 0 Å². The van der Waals surface area contributed by atoms with Crippen molar-refractivity contribution in [3.8, 4) is 5.69 Å². The molecule has 3 aromatic rings. The van der Waals surface area contributed by atoms with Crippen LogP contribution in [0.5, 0.6) is 0 Å². The van der Waals surface area contributed by atoms with Gasteiger partial charge in [0.15, 0.2) is 10.9 Å². The highest BCUT2D eigenvalue weighted by molar-refractivity contribution is 7.99. The van der Waals surface area contributed by atoms with Gasteiger partial charge in [-0.15, -0.1) is 21.5 Å². The molecule has 0 saturated heterocycles. The van der Waals surface area contributed by atoms with E-state index >= 15 is 0 Å². The number of benzene rings is 1. The molecule has 0 bridgehead atoms. The minimum absolute atomic E-state index is 0.0476. The average molecular weight is 415 g/mol. The molecular weight excluding hydrogens is 392 g/mol. The van der Waals surface area contributed by atoms with Gasteiger partial charge < -0.3 is 5.32 Å². The summed E-state index contributed by atoms with van der Waals surface area (Å²) in [5.74, 6) is 0.131. The second-order valence-corrected chi connectivity index (χ2v) is 8.22. The maximum atomic E-state index is 12.3. The molecule has 2 aromatic heterocycles. The van der Waals surface area contributed by atoms with E-state index < -0.39 is 0 Å². The molecular formula is C20H22N4O2S2. The van der Waals surface area contributed by atoms with Crippen LogP contribution in [0.4, 0.5) is 0 Å². The van der Waals surface area contributed by atoms with Crippen molar-refractivity contribution in [2.45, 2.75) is 37.9 Å². The van der Waals surface area contributed by atoms with E-state index in [0.29, 0.717) is 5.16 Å². The van der Waals surface area contributed by atoms with Crippen LogP contribution in [0.1, 0.15) is 35.5 Å². The summed E-state index contributed by atoms with van der Waals surface area (Å²) in [5.41, 5.74) is 2.21. The van der Waals surface area contributed by atoms with Gasteiger partial charge in [0.05, 0.1) is 16.3 Å². The van der Waals surface area contributed by atoms with E-state index in [1.165, 1.54) is 28.7 Å². The fourth-order valence-corrected chi connectivity index (χ4v) is 4.26. The summed E-state index contributed by atoms with van der Waals surface area (Å²) in [5, 5.41) is 13.6. The Morgan fingerprint density at radius 3 is 2.82 bits per heavy atom. The Balaban J connectivity index is 1.55. The largest absolute Gasteiger partial charge is 0.352 e. The SMILES string of the molecule is CCc1ccccc1-n1cnnc1SCC(=O)NC(C)CC(=O)c1cccs1. The zero-order chi connectivity index (χ0) is 19.9. The fourth-order valence-electron chi connectivity index (χ4n) is 2.85. The van der Waals surface area contributed by atoms with Gasteiger partial charge in [-0.05, 0) is 36.4 Å². The summed E-state index contributed by atoms with van der Waals surface area (Å²) < 4.78 is 1.90. The minimum Gasteiger partial charge on any atom is -0.352 e. The van der Waals surface area contributed by atoms with E-state index in [0.717, 1.165) is 17.0 Å². The van der Waals surface area contributed by atoms with Crippen molar-refractivity contribution >= 4 is 34.8 Å². The highest BCUT2D eigenvalue weighted by atomic mass is 32.2. The first kappa shape index (κ1) is 20.3. The second kappa shape index (κ2) is 9.66. The molecule has 1 unspecified atom stereocenters. The molecule has 0 aliphatic rings. The lowest BCUT2D eigenvalue weighted by Crippen LogP contribution is -2.35. The van der Waals surface area contributed by atoms with Crippen LogP contribution in [-0.4, -0.2) is 38.2 Å². The van der Waals surface area contributed by atoms with Crippen molar-refractivity contribution in [3.05, 3.63) is 58.5 Å². The number of carbonyl (C=O) groups is 2. The molecule has 0 aliphatic heterocycles. The Hall–Kier alpha value is -2.45. The van der Waals surface area contributed by atoms with Crippen molar-refractivity contribution in [2.75, 3.05) is 5.75 Å². The molecule has 28 heavy (non-hydrogen) atoms. The first-order valence-electron chi connectivity index (χ1n) is 9.05. The lowest BCUT2D eigenvalue weighted by atomic mass is 10.1. The molecule has 8 heteroatoms. The zero-order valence-corrected chi connectivity index (χ0v) is 17.4. The number of aryl methyl sites for hydroxylation is 1. The number of carbonyl (C=O) groups excluding carboxylic acids is 2. The summed E-state index contributed by atoms with van der Waals surface area (Å²) >= 11 is 2.75. The number of aromatic nitrogens is 3. The Kier molecular flexibility index (Phi) is 7.00. The number of thioether (sulfide) groups is 1. The summed E-state index contributed by atoms with van der Waals surface area (Å²) in [6.07, 6.45) is 2.85. The van der Waals surface area contributed by atoms with E-state index in [1.807, 2.05) is 41.1 Å². The predicted molar refractivity (Wildman–Crippen MR) is 112 cm³/mol. The van der Waals surface area contributed by atoms with Crippen LogP contribution in [0.3, 0.4) is 0 Å². The highest BCUT2D eigenvalue weighted by Gasteiger charge is 2.16. The summed E-state index contributed by atoms with van der Waals surface area (Å²) in [7, 11) is 0. The van der Waals surface area contributed by atoms with Crippen LogP contribution in [-0.2, 0) is 11.2 Å². The fraction of sp³-hybridized carbons (Fsp3) is 0.300. The van der Waals surface area contributed by atoms with Crippen LogP contribution < -0.4 is 5.32 Å². The molecule has 1 aromatic carbocycles. The molecule has 1 N–H and O–H groups in total. The smallest absolute Gasteiger partial charge is 0.230 e. The molecule has 6 nitrogen and oxygen atoms in total. The summed E-state index contributed by atoms with van der Waals surface area (Å²) in [6.45, 7) is 3.94. The number of hydrogen-bond donors (Lipinski definition) is 1. The second-order valence-electron chi connectivity index (χ2n) is 6.33. The van der Waals surface area contributed by atoms with Gasteiger partial charge in [0.25, 0.3) is 0 Å². The third-order valence-electron chi connectivity index (χ3n) is 4.18. The number of thiophene rings is 1. The number of rotatable bonds is 9. The molecule has 2 heterocycles. The Morgan fingerprint density at radius 2 is 2.07 bits per heavy atom. The topological polar surface area (TPSA) is 76.9 Å². The van der Waals surface area contributed by atoms with E-state index in [-0.39, 0.29) is 29.9 Å². The van der Waals surface area contributed by atoms with Crippen molar-refractivity contribution in [1.29, 1.82) is 0 Å². The Morgan fingerprint density at radius 1 is 1.25 bits per heavy atom. The Bertz CT molecular complexity index is 937. The van der Waals surface area contributed by atoms with Crippen molar-refractivity contribution in [2.24, 2.45) is 0 Å². The maximum Gasteiger partial charge on any atom is 0.230 e. The number of hydrogen-bond acceptors (Lipinski definition) is 6. The van der Waals surface area contributed by atoms with Gasteiger partial charge in [0, 0.05) is 12.5 Å². The lowest BCUT2D eigenvalue weighted by molar-refractivity contribution is -0.119. The number of amides is 1. The molecule has 0 fully saturated rings. The molecule has 3 rings (SSSR count).